The van der Waals surface area contributed by atoms with Gasteiger partial charge in [-0.1, -0.05) is 20.3 Å². The summed E-state index contributed by atoms with van der Waals surface area (Å²) in [6, 6.07) is 0. The van der Waals surface area contributed by atoms with Gasteiger partial charge in [-0.2, -0.15) is 11.8 Å². The van der Waals surface area contributed by atoms with E-state index in [0.29, 0.717) is 37.4 Å². The van der Waals surface area contributed by atoms with E-state index in [-0.39, 0.29) is 18.8 Å². The summed E-state index contributed by atoms with van der Waals surface area (Å²) in [5, 5.41) is 0. The molecule has 0 saturated heterocycles. The van der Waals surface area contributed by atoms with Crippen LogP contribution in [0.25, 0.3) is 0 Å². The zero-order valence-electron chi connectivity index (χ0n) is 10.6. The van der Waals surface area contributed by atoms with E-state index < -0.39 is 5.92 Å². The average Bonchev–Trinajstić information content (AvgIpc) is 2.27. The highest BCUT2D eigenvalue weighted by Gasteiger charge is 2.26. The van der Waals surface area contributed by atoms with Crippen LogP contribution in [-0.4, -0.2) is 30.0 Å². The second kappa shape index (κ2) is 9.68. The van der Waals surface area contributed by atoms with Crippen molar-refractivity contribution in [2.75, 3.05) is 18.1 Å². The molecule has 17 heavy (non-hydrogen) atoms. The molecule has 0 rings (SSSR count). The van der Waals surface area contributed by atoms with Crippen LogP contribution in [0.15, 0.2) is 0 Å². The van der Waals surface area contributed by atoms with Crippen LogP contribution in [0, 0.1) is 0 Å². The minimum Gasteiger partial charge on any atom is -0.465 e. The lowest BCUT2D eigenvalue weighted by Gasteiger charge is -2.14. The van der Waals surface area contributed by atoms with Gasteiger partial charge >= 0.3 is 5.97 Å². The first kappa shape index (κ1) is 16.7. The van der Waals surface area contributed by atoms with E-state index >= 15 is 0 Å². The third-order valence-electron chi connectivity index (χ3n) is 2.23. The molecular formula is C12H22F2O2S. The molecule has 0 aliphatic carbocycles. The van der Waals surface area contributed by atoms with E-state index in [9.17, 15) is 13.6 Å². The number of carbonyl (C=O) groups is 1. The van der Waals surface area contributed by atoms with Crippen LogP contribution in [-0.2, 0) is 9.53 Å². The molecule has 0 aromatic carbocycles. The topological polar surface area (TPSA) is 26.3 Å². The number of carbonyl (C=O) groups excluding carboxylic acids is 1. The van der Waals surface area contributed by atoms with Gasteiger partial charge in [0.25, 0.3) is 0 Å². The van der Waals surface area contributed by atoms with Crippen molar-refractivity contribution in [1.82, 2.24) is 0 Å². The molecule has 0 bridgehead atoms. The van der Waals surface area contributed by atoms with Gasteiger partial charge in [0.15, 0.2) is 0 Å². The van der Waals surface area contributed by atoms with Gasteiger partial charge < -0.3 is 4.74 Å². The van der Waals surface area contributed by atoms with Crippen molar-refractivity contribution < 1.29 is 18.3 Å². The van der Waals surface area contributed by atoms with Crippen LogP contribution in [0.2, 0.25) is 0 Å². The molecule has 0 amide bonds. The van der Waals surface area contributed by atoms with Crippen molar-refractivity contribution in [2.45, 2.75) is 51.9 Å². The molecule has 0 aromatic heterocycles. The zero-order valence-corrected chi connectivity index (χ0v) is 11.5. The zero-order chi connectivity index (χ0) is 13.1. The van der Waals surface area contributed by atoms with Crippen molar-refractivity contribution in [1.29, 1.82) is 0 Å². The number of alkyl halides is 2. The maximum atomic E-state index is 13.1. The highest BCUT2D eigenvalue weighted by Crippen LogP contribution is 2.26. The second-order valence-electron chi connectivity index (χ2n) is 3.90. The minimum atomic E-state index is -2.51. The smallest absolute Gasteiger partial charge is 0.305 e. The van der Waals surface area contributed by atoms with Crippen LogP contribution in [0.1, 0.15) is 46.0 Å². The third kappa shape index (κ3) is 10.5. The summed E-state index contributed by atoms with van der Waals surface area (Å²) >= 11 is 1.55. The second-order valence-corrected chi connectivity index (χ2v) is 5.12. The molecule has 2 nitrogen and oxygen atoms in total. The highest BCUT2D eigenvalue weighted by atomic mass is 32.2. The van der Waals surface area contributed by atoms with E-state index in [0.717, 1.165) is 0 Å². The van der Waals surface area contributed by atoms with Crippen molar-refractivity contribution >= 4 is 17.7 Å². The SMILES string of the molecule is CCCC(F)(F)CCCSCCOC(=O)CC. The van der Waals surface area contributed by atoms with Crippen molar-refractivity contribution in [3.63, 3.8) is 0 Å². The Morgan fingerprint density at radius 2 is 1.94 bits per heavy atom. The summed E-state index contributed by atoms with van der Waals surface area (Å²) in [4.78, 5) is 10.8. The van der Waals surface area contributed by atoms with Gasteiger partial charge in [-0.25, -0.2) is 8.78 Å². The normalized spacial score (nSPS) is 11.5. The molecule has 0 aromatic rings. The lowest BCUT2D eigenvalue weighted by Crippen LogP contribution is -2.15. The molecule has 0 aliphatic rings. The Hall–Kier alpha value is -0.320. The molecule has 0 radical (unpaired) electrons. The van der Waals surface area contributed by atoms with Gasteiger partial charge in [-0.3, -0.25) is 4.79 Å². The Bertz CT molecular complexity index is 211. The molecule has 0 spiro atoms. The first-order valence-electron chi connectivity index (χ1n) is 6.13. The lowest BCUT2D eigenvalue weighted by atomic mass is 10.1. The van der Waals surface area contributed by atoms with Gasteiger partial charge in [0.1, 0.15) is 6.61 Å². The summed E-state index contributed by atoms with van der Waals surface area (Å²) < 4.78 is 31.0. The Kier molecular flexibility index (Phi) is 9.50. The van der Waals surface area contributed by atoms with Crippen molar-refractivity contribution in [3.05, 3.63) is 0 Å². The molecule has 0 saturated carbocycles. The highest BCUT2D eigenvalue weighted by molar-refractivity contribution is 7.99. The number of hydrogen-bond donors (Lipinski definition) is 0. The van der Waals surface area contributed by atoms with E-state index in [1.165, 1.54) is 0 Å². The summed E-state index contributed by atoms with van der Waals surface area (Å²) in [6.07, 6.45) is 1.36. The predicted molar refractivity (Wildman–Crippen MR) is 67.7 cm³/mol. The molecule has 0 atom stereocenters. The molecule has 5 heteroatoms. The van der Waals surface area contributed by atoms with Crippen LogP contribution < -0.4 is 0 Å². The Balaban J connectivity index is 3.32. The number of ether oxygens (including phenoxy) is 1. The first-order chi connectivity index (χ1) is 8.02. The van der Waals surface area contributed by atoms with Crippen LogP contribution in [0.5, 0.6) is 0 Å². The maximum absolute atomic E-state index is 13.1. The fraction of sp³-hybridized carbons (Fsp3) is 0.917. The first-order valence-corrected chi connectivity index (χ1v) is 7.28. The standard InChI is InChI=1S/C12H22F2O2S/c1-3-6-12(13,14)7-5-9-17-10-8-16-11(15)4-2/h3-10H2,1-2H3. The Morgan fingerprint density at radius 1 is 1.24 bits per heavy atom. The maximum Gasteiger partial charge on any atom is 0.305 e. The van der Waals surface area contributed by atoms with Gasteiger partial charge in [-0.05, 0) is 12.2 Å². The van der Waals surface area contributed by atoms with Crippen LogP contribution in [0.3, 0.4) is 0 Å². The number of thioether (sulfide) groups is 1. The monoisotopic (exact) mass is 268 g/mol. The molecule has 0 N–H and O–H groups in total. The van der Waals surface area contributed by atoms with E-state index in [2.05, 4.69) is 0 Å². The number of esters is 1. The van der Waals surface area contributed by atoms with Gasteiger partial charge in [0.2, 0.25) is 5.92 Å². The summed E-state index contributed by atoms with van der Waals surface area (Å²) in [7, 11) is 0. The quantitative estimate of drug-likeness (QED) is 0.444. The van der Waals surface area contributed by atoms with Gasteiger partial charge in [0.05, 0.1) is 0 Å². The number of halogens is 2. The largest absolute Gasteiger partial charge is 0.465 e. The van der Waals surface area contributed by atoms with E-state index in [1.807, 2.05) is 0 Å². The van der Waals surface area contributed by atoms with Crippen LogP contribution >= 0.6 is 11.8 Å². The molecule has 0 fully saturated rings. The summed E-state index contributed by atoms with van der Waals surface area (Å²) in [5.74, 6) is -1.34. The fourth-order valence-corrected chi connectivity index (χ4v) is 2.10. The minimum absolute atomic E-state index is 0.0220. The lowest BCUT2D eigenvalue weighted by molar-refractivity contribution is -0.142. The van der Waals surface area contributed by atoms with Gasteiger partial charge in [0, 0.05) is 25.0 Å². The summed E-state index contributed by atoms with van der Waals surface area (Å²) in [6.45, 7) is 3.89. The molecule has 0 aliphatic heterocycles. The fourth-order valence-electron chi connectivity index (χ4n) is 1.34. The summed E-state index contributed by atoms with van der Waals surface area (Å²) in [5.41, 5.74) is 0. The number of hydrogen-bond acceptors (Lipinski definition) is 3. The number of rotatable bonds is 10. The Morgan fingerprint density at radius 3 is 2.53 bits per heavy atom. The van der Waals surface area contributed by atoms with Crippen molar-refractivity contribution in [3.8, 4) is 0 Å². The van der Waals surface area contributed by atoms with E-state index in [4.69, 9.17) is 4.74 Å². The Labute approximate surface area is 106 Å². The molecule has 0 unspecified atom stereocenters. The third-order valence-corrected chi connectivity index (χ3v) is 3.26. The van der Waals surface area contributed by atoms with E-state index in [1.54, 1.807) is 25.6 Å². The molecule has 0 heterocycles. The van der Waals surface area contributed by atoms with Gasteiger partial charge in [-0.15, -0.1) is 0 Å². The molecular weight excluding hydrogens is 246 g/mol. The predicted octanol–water partition coefficient (Wildman–Crippen LogP) is 3.89. The van der Waals surface area contributed by atoms with Crippen LogP contribution in [0.4, 0.5) is 8.78 Å². The van der Waals surface area contributed by atoms with Crippen molar-refractivity contribution in [2.24, 2.45) is 0 Å². The average molecular weight is 268 g/mol. The molecule has 102 valence electrons.